The molecular weight excluding hydrogens is 337 g/mol. The van der Waals surface area contributed by atoms with Crippen LogP contribution in [0.4, 0.5) is 9.52 Å². The fourth-order valence-electron chi connectivity index (χ4n) is 3.05. The van der Waals surface area contributed by atoms with Crippen LogP contribution in [0.2, 0.25) is 0 Å². The number of anilines is 1. The predicted molar refractivity (Wildman–Crippen MR) is 101 cm³/mol. The molecule has 1 fully saturated rings. The summed E-state index contributed by atoms with van der Waals surface area (Å²) in [6, 6.07) is 6.23. The molecule has 25 heavy (non-hydrogen) atoms. The Labute approximate surface area is 153 Å². The summed E-state index contributed by atoms with van der Waals surface area (Å²) in [5, 5.41) is 3.20. The summed E-state index contributed by atoms with van der Waals surface area (Å²) in [6.45, 7) is 6.32. The molecule has 1 aliphatic heterocycles. The number of halogens is 1. The van der Waals surface area contributed by atoms with Crippen molar-refractivity contribution in [3.05, 3.63) is 41.7 Å². The summed E-state index contributed by atoms with van der Waals surface area (Å²) in [7, 11) is 0. The molecule has 4 nitrogen and oxygen atoms in total. The summed E-state index contributed by atoms with van der Waals surface area (Å²) < 4.78 is 18.4. The van der Waals surface area contributed by atoms with Crippen LogP contribution in [0.15, 0.2) is 35.8 Å². The third-order valence-corrected chi connectivity index (χ3v) is 5.35. The Morgan fingerprint density at radius 2 is 1.76 bits per heavy atom. The van der Waals surface area contributed by atoms with Crippen LogP contribution in [0.1, 0.15) is 25.7 Å². The second-order valence-electron chi connectivity index (χ2n) is 6.36. The molecule has 6 heteroatoms. The summed E-state index contributed by atoms with van der Waals surface area (Å²) in [6.07, 6.45) is 6.59. The summed E-state index contributed by atoms with van der Waals surface area (Å²) in [4.78, 5) is 9.33. The monoisotopic (exact) mass is 363 g/mol. The molecule has 0 unspecified atom stereocenters. The molecule has 0 spiro atoms. The number of hydrogen-bond acceptors (Lipinski definition) is 5. The quantitative estimate of drug-likeness (QED) is 0.629. The topological polar surface area (TPSA) is 28.6 Å². The Bertz CT molecular complexity index is 598. The van der Waals surface area contributed by atoms with Crippen molar-refractivity contribution in [1.29, 1.82) is 0 Å². The molecule has 1 aliphatic rings. The van der Waals surface area contributed by atoms with E-state index in [1.807, 2.05) is 11.6 Å². The van der Waals surface area contributed by atoms with Gasteiger partial charge in [0.1, 0.15) is 11.6 Å². The van der Waals surface area contributed by atoms with Gasteiger partial charge in [-0.25, -0.2) is 9.37 Å². The van der Waals surface area contributed by atoms with Gasteiger partial charge in [0.15, 0.2) is 5.13 Å². The van der Waals surface area contributed by atoms with E-state index in [-0.39, 0.29) is 5.82 Å². The molecule has 1 aromatic carbocycles. The van der Waals surface area contributed by atoms with E-state index in [2.05, 4.69) is 14.8 Å². The Morgan fingerprint density at radius 3 is 2.48 bits per heavy atom. The van der Waals surface area contributed by atoms with Crippen LogP contribution in [0, 0.1) is 5.82 Å². The van der Waals surface area contributed by atoms with Crippen LogP contribution in [0.3, 0.4) is 0 Å². The molecule has 1 aromatic heterocycles. The molecule has 136 valence electrons. The van der Waals surface area contributed by atoms with E-state index < -0.39 is 0 Å². The van der Waals surface area contributed by atoms with E-state index in [9.17, 15) is 4.39 Å². The first-order valence-corrected chi connectivity index (χ1v) is 9.94. The molecule has 2 heterocycles. The van der Waals surface area contributed by atoms with Gasteiger partial charge in [0.2, 0.25) is 0 Å². The average Bonchev–Trinajstić information content (AvgIpc) is 3.18. The molecule has 0 bridgehead atoms. The lowest BCUT2D eigenvalue weighted by atomic mass is 10.2. The van der Waals surface area contributed by atoms with Crippen molar-refractivity contribution in [3.63, 3.8) is 0 Å². The second-order valence-corrected chi connectivity index (χ2v) is 7.23. The molecule has 0 saturated carbocycles. The third kappa shape index (κ3) is 5.97. The number of piperazine rings is 1. The number of benzene rings is 1. The zero-order valence-electron chi connectivity index (χ0n) is 14.6. The van der Waals surface area contributed by atoms with Crippen molar-refractivity contribution in [2.75, 3.05) is 44.2 Å². The van der Waals surface area contributed by atoms with Gasteiger partial charge in [-0.15, -0.1) is 11.3 Å². The minimum Gasteiger partial charge on any atom is -0.494 e. The van der Waals surface area contributed by atoms with Gasteiger partial charge in [-0.1, -0.05) is 12.8 Å². The van der Waals surface area contributed by atoms with E-state index in [1.54, 1.807) is 23.5 Å². The van der Waals surface area contributed by atoms with Crippen molar-refractivity contribution in [2.45, 2.75) is 25.7 Å². The maximum Gasteiger partial charge on any atom is 0.185 e. The molecule has 3 rings (SSSR count). The molecule has 0 atom stereocenters. The highest BCUT2D eigenvalue weighted by atomic mass is 32.1. The number of hydrogen-bond donors (Lipinski definition) is 0. The van der Waals surface area contributed by atoms with Crippen molar-refractivity contribution in [2.24, 2.45) is 0 Å². The largest absolute Gasteiger partial charge is 0.494 e. The summed E-state index contributed by atoms with van der Waals surface area (Å²) >= 11 is 1.72. The Morgan fingerprint density at radius 1 is 1.00 bits per heavy atom. The van der Waals surface area contributed by atoms with E-state index in [1.165, 1.54) is 37.9 Å². The van der Waals surface area contributed by atoms with Crippen LogP contribution in [0.5, 0.6) is 5.75 Å². The van der Waals surface area contributed by atoms with Gasteiger partial charge in [0, 0.05) is 37.8 Å². The highest BCUT2D eigenvalue weighted by molar-refractivity contribution is 7.13. The highest BCUT2D eigenvalue weighted by Gasteiger charge is 2.17. The molecule has 1 saturated heterocycles. The van der Waals surface area contributed by atoms with Gasteiger partial charge in [0.05, 0.1) is 6.61 Å². The van der Waals surface area contributed by atoms with Crippen LogP contribution < -0.4 is 9.64 Å². The number of unbranched alkanes of at least 4 members (excludes halogenated alkanes) is 3. The smallest absolute Gasteiger partial charge is 0.185 e. The van der Waals surface area contributed by atoms with Crippen LogP contribution >= 0.6 is 11.3 Å². The molecular formula is C19H26FN3OS. The van der Waals surface area contributed by atoms with E-state index in [0.717, 1.165) is 43.5 Å². The SMILES string of the molecule is Fc1ccc(OCCCCCCN2CCN(c3nccs3)CC2)cc1. The number of rotatable bonds is 9. The molecule has 0 N–H and O–H groups in total. The maximum atomic E-state index is 12.8. The molecule has 2 aromatic rings. The maximum absolute atomic E-state index is 12.8. The molecule has 0 amide bonds. The fourth-order valence-corrected chi connectivity index (χ4v) is 3.74. The van der Waals surface area contributed by atoms with E-state index in [0.29, 0.717) is 6.61 Å². The second kappa shape index (κ2) is 9.73. The lowest BCUT2D eigenvalue weighted by Crippen LogP contribution is -2.46. The lowest BCUT2D eigenvalue weighted by molar-refractivity contribution is 0.249. The lowest BCUT2D eigenvalue weighted by Gasteiger charge is -2.34. The number of thiazole rings is 1. The number of ether oxygens (including phenoxy) is 1. The Kier molecular flexibility index (Phi) is 7.06. The first-order valence-electron chi connectivity index (χ1n) is 9.06. The van der Waals surface area contributed by atoms with Gasteiger partial charge in [0.25, 0.3) is 0 Å². The zero-order valence-corrected chi connectivity index (χ0v) is 15.4. The van der Waals surface area contributed by atoms with Gasteiger partial charge < -0.3 is 9.64 Å². The normalized spacial score (nSPS) is 15.5. The predicted octanol–water partition coefficient (Wildman–Crippen LogP) is 4.04. The summed E-state index contributed by atoms with van der Waals surface area (Å²) in [5.74, 6) is 0.527. The van der Waals surface area contributed by atoms with E-state index >= 15 is 0 Å². The van der Waals surface area contributed by atoms with Crippen molar-refractivity contribution < 1.29 is 9.13 Å². The molecule has 0 radical (unpaired) electrons. The van der Waals surface area contributed by atoms with Gasteiger partial charge in [-0.05, 0) is 43.7 Å². The van der Waals surface area contributed by atoms with Crippen molar-refractivity contribution in [3.8, 4) is 5.75 Å². The van der Waals surface area contributed by atoms with Gasteiger partial charge in [-0.3, -0.25) is 4.90 Å². The molecule has 0 aliphatic carbocycles. The Balaban J connectivity index is 1.20. The van der Waals surface area contributed by atoms with Crippen LogP contribution in [0.25, 0.3) is 0 Å². The number of nitrogens with zero attached hydrogens (tertiary/aromatic N) is 3. The first kappa shape index (κ1) is 18.1. The third-order valence-electron chi connectivity index (χ3n) is 4.51. The standard InChI is InChI=1S/C19H26FN3OS/c20-17-5-7-18(8-6-17)24-15-4-2-1-3-10-22-11-13-23(14-12-22)19-21-9-16-25-19/h5-9,16H,1-4,10-15H2. The Hall–Kier alpha value is -1.66. The van der Waals surface area contributed by atoms with Gasteiger partial charge >= 0.3 is 0 Å². The first-order chi connectivity index (χ1) is 12.3. The van der Waals surface area contributed by atoms with Crippen molar-refractivity contribution in [1.82, 2.24) is 9.88 Å². The number of aromatic nitrogens is 1. The minimum atomic E-state index is -0.222. The average molecular weight is 364 g/mol. The zero-order chi connectivity index (χ0) is 17.3. The summed E-state index contributed by atoms with van der Waals surface area (Å²) in [5.41, 5.74) is 0. The van der Waals surface area contributed by atoms with Crippen LogP contribution in [-0.4, -0.2) is 49.2 Å². The van der Waals surface area contributed by atoms with Crippen molar-refractivity contribution >= 4 is 16.5 Å². The van der Waals surface area contributed by atoms with Crippen LogP contribution in [-0.2, 0) is 0 Å². The van der Waals surface area contributed by atoms with Gasteiger partial charge in [-0.2, -0.15) is 0 Å². The minimum absolute atomic E-state index is 0.222. The van der Waals surface area contributed by atoms with E-state index in [4.69, 9.17) is 4.74 Å². The highest BCUT2D eigenvalue weighted by Crippen LogP contribution is 2.19. The fraction of sp³-hybridized carbons (Fsp3) is 0.526.